The molecule has 0 aromatic heterocycles. The number of terminal acetylenes is 1. The smallest absolute Gasteiger partial charge is 0.129 e. The van der Waals surface area contributed by atoms with E-state index in [-0.39, 0.29) is 7.43 Å². The molecule has 0 unspecified atom stereocenters. The van der Waals surface area contributed by atoms with Gasteiger partial charge in [-0.05, 0) is 39.5 Å². The second-order valence-electron chi connectivity index (χ2n) is 6.77. The molecule has 0 aliphatic heterocycles. The molecule has 0 aromatic carbocycles. The quantitative estimate of drug-likeness (QED) is 0.430. The summed E-state index contributed by atoms with van der Waals surface area (Å²) in [5.74, 6) is 6.10. The van der Waals surface area contributed by atoms with Crippen molar-refractivity contribution in [2.75, 3.05) is 0 Å². The van der Waals surface area contributed by atoms with Crippen LogP contribution in [0.5, 0.6) is 0 Å². The summed E-state index contributed by atoms with van der Waals surface area (Å²) in [7, 11) is -1.09. The maximum Gasteiger partial charge on any atom is 0.129 e. The maximum absolute atomic E-state index is 5.12. The van der Waals surface area contributed by atoms with Gasteiger partial charge >= 0.3 is 0 Å². The topological polar surface area (TPSA) is 0 Å². The van der Waals surface area contributed by atoms with Crippen molar-refractivity contribution in [1.82, 2.24) is 0 Å². The van der Waals surface area contributed by atoms with Crippen LogP contribution < -0.4 is 0 Å². The molecule has 0 aromatic rings. The van der Waals surface area contributed by atoms with Gasteiger partial charge in [0.25, 0.3) is 0 Å². The van der Waals surface area contributed by atoms with Crippen LogP contribution in [0.25, 0.3) is 0 Å². The first-order valence-corrected chi connectivity index (χ1v) is 9.70. The zero-order valence-electron chi connectivity index (χ0n) is 11.4. The van der Waals surface area contributed by atoms with Gasteiger partial charge in [-0.1, -0.05) is 27.1 Å². The average molecular weight is 248 g/mol. The van der Waals surface area contributed by atoms with Crippen LogP contribution >= 0.6 is 0 Å². The highest BCUT2D eigenvalue weighted by molar-refractivity contribution is 6.83. The van der Waals surface area contributed by atoms with Crippen molar-refractivity contribution in [3.8, 4) is 23.8 Å². The molecule has 0 N–H and O–H groups in total. The Labute approximate surface area is 110 Å². The molecule has 17 heavy (non-hydrogen) atoms. The molecule has 0 spiro atoms. The Hall–Kier alpha value is -0.663. The van der Waals surface area contributed by atoms with E-state index in [1.807, 2.05) is 0 Å². The van der Waals surface area contributed by atoms with Crippen LogP contribution in [0.3, 0.4) is 0 Å². The van der Waals surface area contributed by atoms with E-state index in [4.69, 9.17) is 6.42 Å². The van der Waals surface area contributed by atoms with Gasteiger partial charge in [-0.3, -0.25) is 0 Å². The van der Waals surface area contributed by atoms with Crippen LogP contribution in [-0.4, -0.2) is 8.07 Å². The summed E-state index contributed by atoms with van der Waals surface area (Å²) >= 11 is 0. The van der Waals surface area contributed by atoms with Crippen molar-refractivity contribution in [2.24, 2.45) is 10.8 Å². The van der Waals surface area contributed by atoms with Gasteiger partial charge in [0, 0.05) is 10.8 Å². The Balaban J connectivity index is 0.000000316. The van der Waals surface area contributed by atoms with Crippen molar-refractivity contribution >= 4 is 8.07 Å². The van der Waals surface area contributed by atoms with Crippen molar-refractivity contribution in [3.05, 3.63) is 0 Å². The molecule has 0 amide bonds. The van der Waals surface area contributed by atoms with Crippen LogP contribution in [0.2, 0.25) is 19.6 Å². The van der Waals surface area contributed by atoms with E-state index in [2.05, 4.69) is 50.9 Å². The van der Waals surface area contributed by atoms with Gasteiger partial charge in [0.05, 0.1) is 0 Å². The molecule has 2 fully saturated rings. The van der Waals surface area contributed by atoms with E-state index >= 15 is 0 Å². The highest BCUT2D eigenvalue weighted by Gasteiger charge is 2.35. The first-order chi connectivity index (χ1) is 7.18. The normalized spacial score (nSPS) is 21.4. The van der Waals surface area contributed by atoms with Crippen LogP contribution in [0.15, 0.2) is 0 Å². The van der Waals surface area contributed by atoms with Gasteiger partial charge in [-0.15, -0.1) is 23.8 Å². The first-order valence-electron chi connectivity index (χ1n) is 6.20. The highest BCUT2D eigenvalue weighted by atomic mass is 28.3. The van der Waals surface area contributed by atoms with Gasteiger partial charge in [0.2, 0.25) is 0 Å². The molecule has 0 saturated heterocycles. The predicted molar refractivity (Wildman–Crippen MR) is 81.4 cm³/mol. The molecule has 2 saturated carbocycles. The van der Waals surface area contributed by atoms with Crippen LogP contribution in [-0.2, 0) is 0 Å². The Morgan fingerprint density at radius 1 is 0.941 bits per heavy atom. The van der Waals surface area contributed by atoms with Crippen molar-refractivity contribution < 1.29 is 0 Å². The molecule has 2 aliphatic carbocycles. The fourth-order valence-electron chi connectivity index (χ4n) is 0.983. The second-order valence-corrected chi connectivity index (χ2v) is 11.5. The summed E-state index contributed by atoms with van der Waals surface area (Å²) in [5, 5.41) is 0. The predicted octanol–water partition coefficient (Wildman–Crippen LogP) is 4.72. The lowest BCUT2D eigenvalue weighted by molar-refractivity contribution is 0.783. The third-order valence-electron chi connectivity index (χ3n) is 3.09. The minimum Gasteiger partial charge on any atom is -0.131 e. The number of hydrogen-bond donors (Lipinski definition) is 0. The highest BCUT2D eigenvalue weighted by Crippen LogP contribution is 2.44. The number of rotatable bonds is 0. The van der Waals surface area contributed by atoms with Crippen molar-refractivity contribution in [1.29, 1.82) is 0 Å². The van der Waals surface area contributed by atoms with E-state index in [1.54, 1.807) is 0 Å². The minimum absolute atomic E-state index is 0. The van der Waals surface area contributed by atoms with Gasteiger partial charge in [-0.25, -0.2) is 0 Å². The van der Waals surface area contributed by atoms with Crippen LogP contribution in [0, 0.1) is 34.6 Å². The zero-order chi connectivity index (χ0) is 12.4. The lowest BCUT2D eigenvalue weighted by atomic mass is 10.2. The molecule has 0 bridgehead atoms. The molecule has 2 rings (SSSR count). The SMILES string of the molecule is C.C#CC1(C)CC1.CC1(C#C[Si](C)(C)C)CC1. The standard InChI is InChI=1S/C9H16Si.C6H8.CH4/c1-9(5-6-9)7-8-10(2,3)4;1-3-6(2)4-5-6;/h5-6H2,1-4H3;1H,4-5H2,2H3;1H4. The lowest BCUT2D eigenvalue weighted by Crippen LogP contribution is -2.16. The van der Waals surface area contributed by atoms with Crippen molar-refractivity contribution in [3.63, 3.8) is 0 Å². The van der Waals surface area contributed by atoms with Gasteiger partial charge < -0.3 is 0 Å². The van der Waals surface area contributed by atoms with Gasteiger partial charge in [0.15, 0.2) is 0 Å². The molecular weight excluding hydrogens is 220 g/mol. The molecular formula is C16H28Si. The van der Waals surface area contributed by atoms with E-state index in [0.717, 1.165) is 0 Å². The largest absolute Gasteiger partial charge is 0.131 e. The molecule has 0 heterocycles. The third-order valence-corrected chi connectivity index (χ3v) is 3.96. The maximum atomic E-state index is 5.12. The Kier molecular flexibility index (Phi) is 5.11. The Bertz CT molecular complexity index is 336. The molecule has 0 atom stereocenters. The summed E-state index contributed by atoms with van der Waals surface area (Å²) in [6.45, 7) is 11.3. The average Bonchev–Trinajstić information content (AvgIpc) is 3.06. The molecule has 1 heteroatoms. The van der Waals surface area contributed by atoms with E-state index in [9.17, 15) is 0 Å². The van der Waals surface area contributed by atoms with E-state index < -0.39 is 8.07 Å². The molecule has 0 radical (unpaired) electrons. The lowest BCUT2D eigenvalue weighted by Gasteiger charge is -2.04. The summed E-state index contributed by atoms with van der Waals surface area (Å²) in [4.78, 5) is 0. The Morgan fingerprint density at radius 2 is 1.35 bits per heavy atom. The number of hydrogen-bond acceptors (Lipinski definition) is 0. The minimum atomic E-state index is -1.09. The summed E-state index contributed by atoms with van der Waals surface area (Å²) in [5.41, 5.74) is 4.16. The zero-order valence-corrected chi connectivity index (χ0v) is 12.4. The van der Waals surface area contributed by atoms with Crippen LogP contribution in [0.4, 0.5) is 0 Å². The van der Waals surface area contributed by atoms with Crippen molar-refractivity contribution in [2.45, 2.75) is 66.6 Å². The molecule has 2 aliphatic rings. The summed E-state index contributed by atoms with van der Waals surface area (Å²) in [6.07, 6.45) is 10.2. The van der Waals surface area contributed by atoms with Gasteiger partial charge in [0.1, 0.15) is 8.07 Å². The van der Waals surface area contributed by atoms with Gasteiger partial charge in [-0.2, -0.15) is 0 Å². The monoisotopic (exact) mass is 248 g/mol. The Morgan fingerprint density at radius 3 is 1.53 bits per heavy atom. The van der Waals surface area contributed by atoms with Crippen LogP contribution in [0.1, 0.15) is 47.0 Å². The molecule has 96 valence electrons. The summed E-state index contributed by atoms with van der Waals surface area (Å²) in [6, 6.07) is 0. The summed E-state index contributed by atoms with van der Waals surface area (Å²) < 4.78 is 0. The first kappa shape index (κ1) is 16.3. The van der Waals surface area contributed by atoms with E-state index in [1.165, 1.54) is 25.7 Å². The third kappa shape index (κ3) is 7.30. The van der Waals surface area contributed by atoms with E-state index in [0.29, 0.717) is 10.8 Å². The second kappa shape index (κ2) is 5.32. The fourth-order valence-corrected chi connectivity index (χ4v) is 1.66. The molecule has 0 nitrogen and oxygen atoms in total. The fraction of sp³-hybridized carbons (Fsp3) is 0.750.